The highest BCUT2D eigenvalue weighted by Gasteiger charge is 2.27. The zero-order valence-corrected chi connectivity index (χ0v) is 14.9. The minimum atomic E-state index is 0.178. The fourth-order valence-corrected chi connectivity index (χ4v) is 3.10. The van der Waals surface area contributed by atoms with Crippen molar-refractivity contribution < 1.29 is 14.1 Å². The van der Waals surface area contributed by atoms with Crippen LogP contribution >= 0.6 is 0 Å². The molecule has 1 fully saturated rings. The lowest BCUT2D eigenvalue weighted by Crippen LogP contribution is -2.39. The molecule has 25 heavy (non-hydrogen) atoms. The lowest BCUT2D eigenvalue weighted by atomic mass is 9.97. The van der Waals surface area contributed by atoms with E-state index in [4.69, 9.17) is 9.26 Å². The van der Waals surface area contributed by atoms with Crippen LogP contribution in [0, 0.1) is 13.8 Å². The van der Waals surface area contributed by atoms with Gasteiger partial charge in [0, 0.05) is 32.4 Å². The van der Waals surface area contributed by atoms with Gasteiger partial charge in [0.25, 0.3) is 0 Å². The summed E-state index contributed by atoms with van der Waals surface area (Å²) in [7, 11) is 0. The number of benzene rings is 1. The summed E-state index contributed by atoms with van der Waals surface area (Å²) >= 11 is 0. The van der Waals surface area contributed by atoms with Gasteiger partial charge in [-0.25, -0.2) is 0 Å². The van der Waals surface area contributed by atoms with Gasteiger partial charge < -0.3 is 14.2 Å². The summed E-state index contributed by atoms with van der Waals surface area (Å²) in [5, 5.41) is 4.00. The minimum absolute atomic E-state index is 0.178. The molecule has 0 N–H and O–H groups in total. The zero-order valence-electron chi connectivity index (χ0n) is 14.9. The third-order valence-electron chi connectivity index (χ3n) is 4.51. The van der Waals surface area contributed by atoms with E-state index >= 15 is 0 Å². The van der Waals surface area contributed by atoms with Gasteiger partial charge in [-0.05, 0) is 38.3 Å². The van der Waals surface area contributed by atoms with Gasteiger partial charge in [-0.1, -0.05) is 22.9 Å². The molecule has 2 heterocycles. The predicted octanol–water partition coefficient (Wildman–Crippen LogP) is 3.25. The summed E-state index contributed by atoms with van der Waals surface area (Å²) in [6.07, 6.45) is 3.20. The van der Waals surface area contributed by atoms with Crippen molar-refractivity contribution in [2.75, 3.05) is 19.7 Å². The Morgan fingerprint density at radius 3 is 2.84 bits per heavy atom. The topological polar surface area (TPSA) is 68.5 Å². The molecule has 3 rings (SSSR count). The van der Waals surface area contributed by atoms with E-state index in [9.17, 15) is 4.79 Å². The summed E-state index contributed by atoms with van der Waals surface area (Å²) in [4.78, 5) is 18.7. The predicted molar refractivity (Wildman–Crippen MR) is 93.5 cm³/mol. The number of rotatable bonds is 6. The van der Waals surface area contributed by atoms with Gasteiger partial charge in [0.05, 0.1) is 6.61 Å². The van der Waals surface area contributed by atoms with Crippen molar-refractivity contribution in [1.29, 1.82) is 0 Å². The lowest BCUT2D eigenvalue weighted by molar-refractivity contribution is -0.132. The standard InChI is InChI=1S/C19H25N3O3/c1-14-7-9-17(10-8-14)24-12-4-6-18(23)22-11-3-5-16(13-22)19-20-15(2)25-21-19/h7-10,16H,3-6,11-13H2,1-2H3/t16-/m0/s1. The van der Waals surface area contributed by atoms with Gasteiger partial charge in [-0.2, -0.15) is 4.98 Å². The maximum absolute atomic E-state index is 12.4. The van der Waals surface area contributed by atoms with E-state index in [1.54, 1.807) is 6.92 Å². The Balaban J connectivity index is 1.42. The molecule has 0 spiro atoms. The number of nitrogens with zero attached hydrogens (tertiary/aromatic N) is 3. The van der Waals surface area contributed by atoms with Gasteiger partial charge in [-0.15, -0.1) is 0 Å². The Hall–Kier alpha value is -2.37. The van der Waals surface area contributed by atoms with Crippen LogP contribution in [0.3, 0.4) is 0 Å². The largest absolute Gasteiger partial charge is 0.494 e. The van der Waals surface area contributed by atoms with Gasteiger partial charge in [0.1, 0.15) is 5.75 Å². The summed E-state index contributed by atoms with van der Waals surface area (Å²) in [5.41, 5.74) is 1.21. The number of ether oxygens (including phenoxy) is 1. The maximum Gasteiger partial charge on any atom is 0.223 e. The third-order valence-corrected chi connectivity index (χ3v) is 4.51. The third kappa shape index (κ3) is 4.81. The molecule has 1 aromatic carbocycles. The quantitative estimate of drug-likeness (QED) is 0.753. The number of amides is 1. The first kappa shape index (κ1) is 17.5. The van der Waals surface area contributed by atoms with Gasteiger partial charge in [-0.3, -0.25) is 4.79 Å². The van der Waals surface area contributed by atoms with Crippen LogP contribution in [0.25, 0.3) is 0 Å². The molecular weight excluding hydrogens is 318 g/mol. The second-order valence-electron chi connectivity index (χ2n) is 6.62. The van der Waals surface area contributed by atoms with E-state index < -0.39 is 0 Å². The van der Waals surface area contributed by atoms with E-state index in [2.05, 4.69) is 10.1 Å². The monoisotopic (exact) mass is 343 g/mol. The summed E-state index contributed by atoms with van der Waals surface area (Å²) in [6, 6.07) is 7.96. The number of hydrogen-bond donors (Lipinski definition) is 0. The number of carbonyl (C=O) groups is 1. The Morgan fingerprint density at radius 2 is 2.12 bits per heavy atom. The maximum atomic E-state index is 12.4. The summed E-state index contributed by atoms with van der Waals surface area (Å²) < 4.78 is 10.7. The van der Waals surface area contributed by atoms with Crippen LogP contribution in [0.5, 0.6) is 5.75 Å². The van der Waals surface area contributed by atoms with Crippen molar-refractivity contribution in [1.82, 2.24) is 15.0 Å². The Morgan fingerprint density at radius 1 is 1.32 bits per heavy atom. The summed E-state index contributed by atoms with van der Waals surface area (Å²) in [6.45, 7) is 5.87. The number of piperidine rings is 1. The Labute approximate surface area is 148 Å². The second kappa shape index (κ2) is 8.14. The van der Waals surface area contributed by atoms with Crippen molar-refractivity contribution in [3.05, 3.63) is 41.5 Å². The number of carbonyl (C=O) groups excluding carboxylic acids is 1. The Kier molecular flexibility index (Phi) is 5.68. The van der Waals surface area contributed by atoms with E-state index in [1.807, 2.05) is 36.1 Å². The molecule has 0 aliphatic carbocycles. The number of hydrogen-bond acceptors (Lipinski definition) is 5. The van der Waals surface area contributed by atoms with Crippen molar-refractivity contribution in [3.8, 4) is 5.75 Å². The fourth-order valence-electron chi connectivity index (χ4n) is 3.10. The number of aromatic nitrogens is 2. The van der Waals surface area contributed by atoms with Crippen molar-refractivity contribution in [3.63, 3.8) is 0 Å². The molecular formula is C19H25N3O3. The van der Waals surface area contributed by atoms with Crippen molar-refractivity contribution >= 4 is 5.91 Å². The van der Waals surface area contributed by atoms with Crippen LogP contribution in [-0.4, -0.2) is 40.6 Å². The van der Waals surface area contributed by atoms with Crippen molar-refractivity contribution in [2.24, 2.45) is 0 Å². The average molecular weight is 343 g/mol. The van der Waals surface area contributed by atoms with Crippen LogP contribution in [0.4, 0.5) is 0 Å². The van der Waals surface area contributed by atoms with Crippen LogP contribution in [-0.2, 0) is 4.79 Å². The molecule has 1 atom stereocenters. The first-order valence-electron chi connectivity index (χ1n) is 8.89. The first-order chi connectivity index (χ1) is 12.1. The molecule has 2 aromatic rings. The average Bonchev–Trinajstić information content (AvgIpc) is 3.07. The first-order valence-corrected chi connectivity index (χ1v) is 8.89. The fraction of sp³-hybridized carbons (Fsp3) is 0.526. The van der Waals surface area contributed by atoms with Crippen LogP contribution in [0.1, 0.15) is 48.9 Å². The molecule has 0 unspecified atom stereocenters. The van der Waals surface area contributed by atoms with Gasteiger partial charge in [0.15, 0.2) is 5.82 Å². The number of aryl methyl sites for hydroxylation is 2. The van der Waals surface area contributed by atoms with Crippen LogP contribution < -0.4 is 4.74 Å². The van der Waals surface area contributed by atoms with Gasteiger partial charge in [0.2, 0.25) is 11.8 Å². The molecule has 6 heteroatoms. The van der Waals surface area contributed by atoms with E-state index in [0.717, 1.165) is 37.4 Å². The SMILES string of the molecule is Cc1ccc(OCCCC(=O)N2CCC[C@H](c3noc(C)n3)C2)cc1. The van der Waals surface area contributed by atoms with E-state index in [1.165, 1.54) is 5.56 Å². The second-order valence-corrected chi connectivity index (χ2v) is 6.62. The molecule has 6 nitrogen and oxygen atoms in total. The van der Waals surface area contributed by atoms with E-state index in [-0.39, 0.29) is 11.8 Å². The van der Waals surface area contributed by atoms with E-state index in [0.29, 0.717) is 25.5 Å². The minimum Gasteiger partial charge on any atom is -0.494 e. The van der Waals surface area contributed by atoms with Crippen LogP contribution in [0.2, 0.25) is 0 Å². The van der Waals surface area contributed by atoms with Crippen LogP contribution in [0.15, 0.2) is 28.8 Å². The zero-order chi connectivity index (χ0) is 17.6. The lowest BCUT2D eigenvalue weighted by Gasteiger charge is -2.31. The molecule has 0 saturated carbocycles. The summed E-state index contributed by atoms with van der Waals surface area (Å²) in [5.74, 6) is 2.50. The number of likely N-dealkylation sites (tertiary alicyclic amines) is 1. The molecule has 0 bridgehead atoms. The molecule has 1 aromatic heterocycles. The molecule has 1 amide bonds. The molecule has 0 radical (unpaired) electrons. The van der Waals surface area contributed by atoms with Gasteiger partial charge >= 0.3 is 0 Å². The highest BCUT2D eigenvalue weighted by atomic mass is 16.5. The van der Waals surface area contributed by atoms with Crippen molar-refractivity contribution in [2.45, 2.75) is 45.4 Å². The normalized spacial score (nSPS) is 17.5. The highest BCUT2D eigenvalue weighted by Crippen LogP contribution is 2.25. The molecule has 1 aliphatic heterocycles. The Bertz CT molecular complexity index is 696. The highest BCUT2D eigenvalue weighted by molar-refractivity contribution is 5.76. The molecule has 1 saturated heterocycles. The molecule has 1 aliphatic rings. The smallest absolute Gasteiger partial charge is 0.223 e. The molecule has 134 valence electrons.